The minimum atomic E-state index is 0.0405. The van der Waals surface area contributed by atoms with Gasteiger partial charge in [0.15, 0.2) is 0 Å². The van der Waals surface area contributed by atoms with Crippen LogP contribution in [0.25, 0.3) is 9.75 Å². The maximum absolute atomic E-state index is 10.1. The van der Waals surface area contributed by atoms with Gasteiger partial charge in [-0.1, -0.05) is 22.7 Å². The molecule has 0 aliphatic rings. The van der Waals surface area contributed by atoms with E-state index < -0.39 is 0 Å². The van der Waals surface area contributed by atoms with E-state index in [4.69, 9.17) is 0 Å². The minimum Gasteiger partial charge on any atom is -0.506 e. The molecule has 10 nitrogen and oxygen atoms in total. The van der Waals surface area contributed by atoms with Crippen molar-refractivity contribution in [3.8, 4) is 21.3 Å². The number of rotatable bonds is 9. The number of anilines is 2. The maximum Gasteiger partial charge on any atom is 0.230 e. The molecule has 0 aliphatic carbocycles. The Kier molecular flexibility index (Phi) is 7.40. The average molecular weight is 495 g/mol. The normalized spacial score (nSPS) is 11.5. The summed E-state index contributed by atoms with van der Waals surface area (Å²) >= 11 is 2.69. The third-order valence-electron chi connectivity index (χ3n) is 4.43. The molecule has 0 atom stereocenters. The van der Waals surface area contributed by atoms with Gasteiger partial charge in [0.25, 0.3) is 0 Å². The third-order valence-corrected chi connectivity index (χ3v) is 6.39. The number of aromatic nitrogens is 2. The summed E-state index contributed by atoms with van der Waals surface area (Å²) in [5.41, 5.74) is 2.35. The Morgan fingerprint density at radius 3 is 1.53 bits per heavy atom. The Bertz CT molecular complexity index is 1230. The number of hydrogen-bond donors (Lipinski definition) is 4. The van der Waals surface area contributed by atoms with Gasteiger partial charge >= 0.3 is 0 Å². The second-order valence-electron chi connectivity index (χ2n) is 6.88. The lowest BCUT2D eigenvalue weighted by molar-refractivity contribution is 0.476. The number of benzene rings is 2. The molecule has 0 amide bonds. The summed E-state index contributed by atoms with van der Waals surface area (Å²) < 4.78 is 0. The highest BCUT2D eigenvalue weighted by molar-refractivity contribution is 7.25. The van der Waals surface area contributed by atoms with Crippen molar-refractivity contribution >= 4 is 55.7 Å². The molecule has 0 radical (unpaired) electrons. The molecular weight excluding hydrogens is 472 g/mol. The first-order valence-corrected chi connectivity index (χ1v) is 12.1. The largest absolute Gasteiger partial charge is 0.506 e. The molecule has 2 aromatic carbocycles. The Balaban J connectivity index is 1.43. The predicted molar refractivity (Wildman–Crippen MR) is 136 cm³/mol. The molecule has 12 heteroatoms. The molecular formula is C22H22N8O2S2. The van der Waals surface area contributed by atoms with E-state index in [9.17, 15) is 10.2 Å². The van der Waals surface area contributed by atoms with Gasteiger partial charge in [0, 0.05) is 49.0 Å². The molecule has 2 heterocycles. The van der Waals surface area contributed by atoms with Crippen molar-refractivity contribution in [2.24, 2.45) is 20.5 Å². The van der Waals surface area contributed by atoms with E-state index >= 15 is 0 Å². The van der Waals surface area contributed by atoms with Crippen LogP contribution >= 0.6 is 22.7 Å². The van der Waals surface area contributed by atoms with Crippen molar-refractivity contribution in [1.82, 2.24) is 9.97 Å². The van der Waals surface area contributed by atoms with E-state index in [1.807, 2.05) is 26.0 Å². The molecule has 0 fully saturated rings. The van der Waals surface area contributed by atoms with Crippen LogP contribution in [0.3, 0.4) is 0 Å². The van der Waals surface area contributed by atoms with E-state index in [0.29, 0.717) is 21.6 Å². The zero-order valence-electron chi connectivity index (χ0n) is 18.4. The van der Waals surface area contributed by atoms with Crippen LogP contribution in [-0.4, -0.2) is 33.3 Å². The first-order chi connectivity index (χ1) is 16.6. The van der Waals surface area contributed by atoms with Crippen LogP contribution in [0.5, 0.6) is 11.5 Å². The van der Waals surface area contributed by atoms with Gasteiger partial charge in [-0.05, 0) is 38.1 Å². The SMILES string of the molecule is CCNc1ccc(/N=N/c2ncc(-c3cnc(/N=N/c4ccc(NCC)cc4O)s3)s2)c(O)c1. The van der Waals surface area contributed by atoms with Crippen LogP contribution in [0.2, 0.25) is 0 Å². The molecule has 0 aliphatic heterocycles. The van der Waals surface area contributed by atoms with Crippen molar-refractivity contribution in [3.05, 3.63) is 48.8 Å². The van der Waals surface area contributed by atoms with Gasteiger partial charge < -0.3 is 20.8 Å². The molecule has 0 spiro atoms. The second kappa shape index (κ2) is 10.8. The molecule has 0 unspecified atom stereocenters. The lowest BCUT2D eigenvalue weighted by Gasteiger charge is -2.04. The van der Waals surface area contributed by atoms with E-state index in [1.54, 1.807) is 36.7 Å². The Labute approximate surface area is 203 Å². The number of phenols is 2. The fraction of sp³-hybridized carbons (Fsp3) is 0.182. The van der Waals surface area contributed by atoms with E-state index in [1.165, 1.54) is 22.7 Å². The van der Waals surface area contributed by atoms with Gasteiger partial charge in [-0.15, -0.1) is 20.5 Å². The molecule has 4 rings (SSSR count). The molecule has 174 valence electrons. The van der Waals surface area contributed by atoms with Gasteiger partial charge in [-0.3, -0.25) is 0 Å². The van der Waals surface area contributed by atoms with Crippen LogP contribution in [-0.2, 0) is 0 Å². The molecule has 0 saturated carbocycles. The van der Waals surface area contributed by atoms with Crippen molar-refractivity contribution in [2.75, 3.05) is 23.7 Å². The van der Waals surface area contributed by atoms with E-state index in [2.05, 4.69) is 41.1 Å². The number of nitrogens with zero attached hydrogens (tertiary/aromatic N) is 6. The van der Waals surface area contributed by atoms with Crippen LogP contribution < -0.4 is 10.6 Å². The van der Waals surface area contributed by atoms with E-state index in [-0.39, 0.29) is 11.5 Å². The van der Waals surface area contributed by atoms with Gasteiger partial charge in [0.1, 0.15) is 22.9 Å². The van der Waals surface area contributed by atoms with Crippen LogP contribution in [0.4, 0.5) is 33.0 Å². The number of nitrogens with one attached hydrogen (secondary N) is 2. The average Bonchev–Trinajstić information content (AvgIpc) is 3.48. The zero-order valence-corrected chi connectivity index (χ0v) is 20.1. The Morgan fingerprint density at radius 1 is 0.706 bits per heavy atom. The van der Waals surface area contributed by atoms with Crippen molar-refractivity contribution in [2.45, 2.75) is 13.8 Å². The standard InChI is InChI=1S/C22H22N8O2S2/c1-3-23-13-5-7-15(17(31)9-13)27-29-21-25-11-19(33-21)20-12-26-22(34-20)30-28-16-8-6-14(24-4-2)10-18(16)32/h5-12,23-24,31-32H,3-4H2,1-2H3/b29-27+,30-28+. The molecule has 34 heavy (non-hydrogen) atoms. The summed E-state index contributed by atoms with van der Waals surface area (Å²) in [5, 5.41) is 43.8. The molecule has 4 N–H and O–H groups in total. The topological polar surface area (TPSA) is 140 Å². The molecule has 4 aromatic rings. The van der Waals surface area contributed by atoms with Crippen LogP contribution in [0.1, 0.15) is 13.8 Å². The number of hydrogen-bond acceptors (Lipinski definition) is 12. The third kappa shape index (κ3) is 5.71. The zero-order chi connectivity index (χ0) is 23.9. The molecule has 2 aromatic heterocycles. The lowest BCUT2D eigenvalue weighted by Crippen LogP contribution is -1.95. The quantitative estimate of drug-likeness (QED) is 0.179. The second-order valence-corrected chi connectivity index (χ2v) is 8.90. The highest BCUT2D eigenvalue weighted by atomic mass is 32.1. The highest BCUT2D eigenvalue weighted by Gasteiger charge is 2.10. The molecule has 0 saturated heterocycles. The smallest absolute Gasteiger partial charge is 0.230 e. The van der Waals surface area contributed by atoms with Crippen LogP contribution in [0.15, 0.2) is 69.2 Å². The number of azo groups is 2. The summed E-state index contributed by atoms with van der Waals surface area (Å²) in [6.45, 7) is 5.48. The Hall–Kier alpha value is -3.90. The monoisotopic (exact) mass is 494 g/mol. The van der Waals surface area contributed by atoms with Gasteiger partial charge in [-0.25, -0.2) is 9.97 Å². The summed E-state index contributed by atoms with van der Waals surface area (Å²) in [6.07, 6.45) is 3.37. The fourth-order valence-corrected chi connectivity index (χ4v) is 4.42. The highest BCUT2D eigenvalue weighted by Crippen LogP contribution is 2.38. The van der Waals surface area contributed by atoms with Crippen LogP contribution in [0, 0.1) is 0 Å². The molecule has 0 bridgehead atoms. The van der Waals surface area contributed by atoms with Gasteiger partial charge in [0.2, 0.25) is 10.3 Å². The van der Waals surface area contributed by atoms with Gasteiger partial charge in [0.05, 0.1) is 9.75 Å². The maximum atomic E-state index is 10.1. The van der Waals surface area contributed by atoms with E-state index in [0.717, 1.165) is 34.2 Å². The summed E-state index contributed by atoms with van der Waals surface area (Å²) in [5.74, 6) is 0.0810. The summed E-state index contributed by atoms with van der Waals surface area (Å²) in [6, 6.07) is 10.3. The minimum absolute atomic E-state index is 0.0405. The summed E-state index contributed by atoms with van der Waals surface area (Å²) in [4.78, 5) is 10.3. The first kappa shape index (κ1) is 23.3. The predicted octanol–water partition coefficient (Wildman–Crippen LogP) is 7.37. The summed E-state index contributed by atoms with van der Waals surface area (Å²) in [7, 11) is 0. The number of aromatic hydroxyl groups is 2. The lowest BCUT2D eigenvalue weighted by atomic mass is 10.2. The van der Waals surface area contributed by atoms with Gasteiger partial charge in [-0.2, -0.15) is 0 Å². The fourth-order valence-electron chi connectivity index (χ4n) is 2.89. The van der Waals surface area contributed by atoms with Crippen molar-refractivity contribution in [1.29, 1.82) is 0 Å². The number of phenolic OH excluding ortho intramolecular Hbond substituents is 2. The van der Waals surface area contributed by atoms with Crippen molar-refractivity contribution < 1.29 is 10.2 Å². The van der Waals surface area contributed by atoms with Crippen molar-refractivity contribution in [3.63, 3.8) is 0 Å². The number of thiazole rings is 2. The first-order valence-electron chi connectivity index (χ1n) is 10.4. The Morgan fingerprint density at radius 2 is 1.15 bits per heavy atom.